The van der Waals surface area contributed by atoms with Gasteiger partial charge in [-0.25, -0.2) is 0 Å². The van der Waals surface area contributed by atoms with E-state index in [4.69, 9.17) is 10.8 Å². The van der Waals surface area contributed by atoms with Crippen LogP contribution in [0.25, 0.3) is 0 Å². The normalized spacial score (nSPS) is 17.1. The number of nitrogens with two attached hydrogens (primary N) is 1. The van der Waals surface area contributed by atoms with Crippen molar-refractivity contribution in [2.75, 3.05) is 32.0 Å². The van der Waals surface area contributed by atoms with Gasteiger partial charge in [-0.1, -0.05) is 6.07 Å². The third kappa shape index (κ3) is 2.49. The van der Waals surface area contributed by atoms with Crippen molar-refractivity contribution in [1.29, 1.82) is 0 Å². The van der Waals surface area contributed by atoms with Crippen LogP contribution in [0, 0.1) is 0 Å². The van der Waals surface area contributed by atoms with Crippen molar-refractivity contribution in [3.05, 3.63) is 29.3 Å². The molecule has 3 N–H and O–H groups in total. The van der Waals surface area contributed by atoms with Crippen LogP contribution >= 0.6 is 0 Å². The number of fused-ring (bicyclic) bond motifs is 1. The highest BCUT2D eigenvalue weighted by molar-refractivity contribution is 5.45. The molecule has 0 saturated heterocycles. The Morgan fingerprint density at radius 1 is 1.20 bits per heavy atom. The van der Waals surface area contributed by atoms with E-state index >= 15 is 0 Å². The van der Waals surface area contributed by atoms with Crippen LogP contribution in [0.15, 0.2) is 18.2 Å². The minimum absolute atomic E-state index is 0.248. The number of anilines is 1. The summed E-state index contributed by atoms with van der Waals surface area (Å²) in [5.41, 5.74) is 9.40. The molecule has 1 aromatic rings. The number of rotatable bonds is 2. The molecular weight excluding hydrogens is 188 g/mol. The van der Waals surface area contributed by atoms with Crippen LogP contribution in [0.4, 0.5) is 5.69 Å². The van der Waals surface area contributed by atoms with Gasteiger partial charge >= 0.3 is 0 Å². The Balaban J connectivity index is 2.11. The van der Waals surface area contributed by atoms with E-state index in [0.717, 1.165) is 38.2 Å². The zero-order valence-corrected chi connectivity index (χ0v) is 8.95. The molecule has 3 heteroatoms. The summed E-state index contributed by atoms with van der Waals surface area (Å²) in [7, 11) is 0. The summed E-state index contributed by atoms with van der Waals surface area (Å²) in [6, 6.07) is 6.19. The predicted molar refractivity (Wildman–Crippen MR) is 61.8 cm³/mol. The molecule has 3 nitrogen and oxygen atoms in total. The number of β-amino-alcohol motifs (C(OH)–C–C–N with tert-alkyl or cyclic N) is 1. The molecule has 1 aliphatic heterocycles. The van der Waals surface area contributed by atoms with Gasteiger partial charge in [-0.15, -0.1) is 0 Å². The lowest BCUT2D eigenvalue weighted by Crippen LogP contribution is -2.29. The number of aliphatic hydroxyl groups is 1. The van der Waals surface area contributed by atoms with Gasteiger partial charge in [0.1, 0.15) is 0 Å². The van der Waals surface area contributed by atoms with Crippen LogP contribution in [0.5, 0.6) is 0 Å². The van der Waals surface area contributed by atoms with Crippen molar-refractivity contribution >= 4 is 5.69 Å². The summed E-state index contributed by atoms with van der Waals surface area (Å²) in [4.78, 5) is 2.30. The quantitative estimate of drug-likeness (QED) is 0.699. The van der Waals surface area contributed by atoms with Crippen LogP contribution in [0.3, 0.4) is 0 Å². The number of nitrogens with zero attached hydrogens (tertiary/aromatic N) is 1. The number of aliphatic hydroxyl groups excluding tert-OH is 1. The summed E-state index contributed by atoms with van der Waals surface area (Å²) < 4.78 is 0. The number of hydrogen-bond donors (Lipinski definition) is 2. The standard InChI is InChI=1S/C12H18N2O/c13-12-2-1-10-3-5-14(7-8-15)6-4-11(10)9-12/h1-2,9,15H,3-8,13H2. The fraction of sp³-hybridized carbons (Fsp3) is 0.500. The second kappa shape index (κ2) is 4.64. The second-order valence-corrected chi connectivity index (χ2v) is 4.09. The van der Waals surface area contributed by atoms with Crippen molar-refractivity contribution in [2.24, 2.45) is 0 Å². The lowest BCUT2D eigenvalue weighted by molar-refractivity contribution is 0.201. The van der Waals surface area contributed by atoms with Crippen LogP contribution in [-0.2, 0) is 12.8 Å². The van der Waals surface area contributed by atoms with E-state index in [1.54, 1.807) is 0 Å². The van der Waals surface area contributed by atoms with Gasteiger partial charge in [0.25, 0.3) is 0 Å². The lowest BCUT2D eigenvalue weighted by atomic mass is 10.0. The molecule has 1 heterocycles. The summed E-state index contributed by atoms with van der Waals surface area (Å²) in [5, 5.41) is 8.91. The number of benzene rings is 1. The molecule has 1 aromatic carbocycles. The maximum absolute atomic E-state index is 8.91. The van der Waals surface area contributed by atoms with E-state index in [0.29, 0.717) is 0 Å². The first-order valence-electron chi connectivity index (χ1n) is 5.50. The molecule has 15 heavy (non-hydrogen) atoms. The molecule has 2 rings (SSSR count). The van der Waals surface area contributed by atoms with Gasteiger partial charge in [-0.2, -0.15) is 0 Å². The zero-order chi connectivity index (χ0) is 10.7. The lowest BCUT2D eigenvalue weighted by Gasteiger charge is -2.17. The topological polar surface area (TPSA) is 49.5 Å². The molecule has 0 amide bonds. The van der Waals surface area contributed by atoms with E-state index in [1.165, 1.54) is 11.1 Å². The Labute approximate surface area is 90.5 Å². The first-order chi connectivity index (χ1) is 7.29. The summed E-state index contributed by atoms with van der Waals surface area (Å²) in [6.07, 6.45) is 2.11. The number of nitrogen functional groups attached to an aromatic ring is 1. The SMILES string of the molecule is Nc1ccc2c(c1)CCN(CCO)CC2. The molecular formula is C12H18N2O. The minimum atomic E-state index is 0.248. The Morgan fingerprint density at radius 2 is 1.93 bits per heavy atom. The minimum Gasteiger partial charge on any atom is -0.399 e. The average molecular weight is 206 g/mol. The van der Waals surface area contributed by atoms with Crippen molar-refractivity contribution in [2.45, 2.75) is 12.8 Å². The van der Waals surface area contributed by atoms with Crippen molar-refractivity contribution in [3.8, 4) is 0 Å². The first-order valence-corrected chi connectivity index (χ1v) is 5.50. The Kier molecular flexibility index (Phi) is 3.23. The largest absolute Gasteiger partial charge is 0.399 e. The highest BCUT2D eigenvalue weighted by atomic mass is 16.3. The van der Waals surface area contributed by atoms with Gasteiger partial charge in [-0.05, 0) is 36.1 Å². The molecule has 0 saturated carbocycles. The van der Waals surface area contributed by atoms with Gasteiger partial charge in [0, 0.05) is 25.3 Å². The van der Waals surface area contributed by atoms with Crippen molar-refractivity contribution in [3.63, 3.8) is 0 Å². The average Bonchev–Trinajstić information content (AvgIpc) is 2.42. The van der Waals surface area contributed by atoms with Gasteiger partial charge in [-0.3, -0.25) is 0 Å². The molecule has 1 aliphatic rings. The van der Waals surface area contributed by atoms with Gasteiger partial charge in [0.05, 0.1) is 6.61 Å². The van der Waals surface area contributed by atoms with E-state index in [1.807, 2.05) is 6.07 Å². The van der Waals surface area contributed by atoms with Gasteiger partial charge in [0.15, 0.2) is 0 Å². The highest BCUT2D eigenvalue weighted by Crippen LogP contribution is 2.18. The summed E-state index contributed by atoms with van der Waals surface area (Å²) in [5.74, 6) is 0. The fourth-order valence-corrected chi connectivity index (χ4v) is 2.16. The van der Waals surface area contributed by atoms with Gasteiger partial charge in [0.2, 0.25) is 0 Å². The zero-order valence-electron chi connectivity index (χ0n) is 8.95. The smallest absolute Gasteiger partial charge is 0.0558 e. The molecule has 0 aliphatic carbocycles. The van der Waals surface area contributed by atoms with Crippen molar-refractivity contribution in [1.82, 2.24) is 4.90 Å². The second-order valence-electron chi connectivity index (χ2n) is 4.09. The maximum atomic E-state index is 8.91. The van der Waals surface area contributed by atoms with E-state index < -0.39 is 0 Å². The molecule has 82 valence electrons. The van der Waals surface area contributed by atoms with Crippen LogP contribution < -0.4 is 5.73 Å². The molecule has 0 aromatic heterocycles. The molecule has 0 radical (unpaired) electrons. The van der Waals surface area contributed by atoms with Crippen LogP contribution in [-0.4, -0.2) is 36.2 Å². The Hall–Kier alpha value is -1.06. The molecule has 0 atom stereocenters. The first kappa shape index (κ1) is 10.5. The Morgan fingerprint density at radius 3 is 2.67 bits per heavy atom. The van der Waals surface area contributed by atoms with Gasteiger partial charge < -0.3 is 15.7 Å². The van der Waals surface area contributed by atoms with E-state index in [-0.39, 0.29) is 6.61 Å². The van der Waals surface area contributed by atoms with E-state index in [9.17, 15) is 0 Å². The van der Waals surface area contributed by atoms with E-state index in [2.05, 4.69) is 17.0 Å². The molecule has 0 fully saturated rings. The monoisotopic (exact) mass is 206 g/mol. The fourth-order valence-electron chi connectivity index (χ4n) is 2.16. The summed E-state index contributed by atoms with van der Waals surface area (Å²) >= 11 is 0. The molecule has 0 bridgehead atoms. The van der Waals surface area contributed by atoms with Crippen molar-refractivity contribution < 1.29 is 5.11 Å². The maximum Gasteiger partial charge on any atom is 0.0558 e. The predicted octanol–water partition coefficient (Wildman–Crippen LogP) is 0.662. The van der Waals surface area contributed by atoms with Crippen LogP contribution in [0.2, 0.25) is 0 Å². The third-order valence-electron chi connectivity index (χ3n) is 3.04. The van der Waals surface area contributed by atoms with Crippen LogP contribution in [0.1, 0.15) is 11.1 Å². The molecule has 0 unspecified atom stereocenters. The molecule has 0 spiro atoms. The number of hydrogen-bond acceptors (Lipinski definition) is 3. The Bertz CT molecular complexity index is 338. The third-order valence-corrected chi connectivity index (χ3v) is 3.04. The highest BCUT2D eigenvalue weighted by Gasteiger charge is 2.13. The summed E-state index contributed by atoms with van der Waals surface area (Å²) in [6.45, 7) is 3.09.